The molecular formula is C14H18BrN3O2. The maximum Gasteiger partial charge on any atom is 0.283 e. The van der Waals surface area contributed by atoms with Gasteiger partial charge in [-0.1, -0.05) is 6.07 Å². The average Bonchev–Trinajstić information content (AvgIpc) is 2.96. The fourth-order valence-corrected chi connectivity index (χ4v) is 3.89. The van der Waals surface area contributed by atoms with Crippen LogP contribution in [0.1, 0.15) is 12.5 Å². The van der Waals surface area contributed by atoms with Crippen molar-refractivity contribution in [2.75, 3.05) is 19.6 Å². The van der Waals surface area contributed by atoms with Gasteiger partial charge in [-0.2, -0.15) is 0 Å². The van der Waals surface area contributed by atoms with Crippen molar-refractivity contribution in [3.05, 3.63) is 38.3 Å². The summed E-state index contributed by atoms with van der Waals surface area (Å²) in [6, 6.07) is 5.97. The Labute approximate surface area is 126 Å². The molecule has 1 aromatic rings. The van der Waals surface area contributed by atoms with Crippen LogP contribution in [-0.4, -0.2) is 35.5 Å². The fourth-order valence-electron chi connectivity index (χ4n) is 3.50. The molecule has 2 heterocycles. The summed E-state index contributed by atoms with van der Waals surface area (Å²) >= 11 is 3.23. The summed E-state index contributed by atoms with van der Waals surface area (Å²) in [6.45, 7) is 6.35. The van der Waals surface area contributed by atoms with Crippen LogP contribution in [0.4, 0.5) is 5.69 Å². The second-order valence-electron chi connectivity index (χ2n) is 5.80. The lowest BCUT2D eigenvalue weighted by molar-refractivity contribution is -0.385. The SMILES string of the molecule is CC1C2CNCC2CN1Cc1ccc(Br)c([N+](=O)[O-])c1. The Morgan fingerprint density at radius 2 is 2.30 bits per heavy atom. The average molecular weight is 340 g/mol. The third kappa shape index (κ3) is 2.47. The molecule has 0 bridgehead atoms. The normalized spacial score (nSPS) is 29.6. The van der Waals surface area contributed by atoms with Gasteiger partial charge in [0.1, 0.15) is 0 Å². The summed E-state index contributed by atoms with van der Waals surface area (Å²) in [5.74, 6) is 1.45. The van der Waals surface area contributed by atoms with Crippen molar-refractivity contribution in [3.63, 3.8) is 0 Å². The Kier molecular flexibility index (Phi) is 3.79. The number of halogens is 1. The van der Waals surface area contributed by atoms with E-state index in [4.69, 9.17) is 0 Å². The van der Waals surface area contributed by atoms with Crippen LogP contribution in [0.3, 0.4) is 0 Å². The minimum absolute atomic E-state index is 0.149. The monoisotopic (exact) mass is 339 g/mol. The lowest BCUT2D eigenvalue weighted by atomic mass is 9.95. The third-order valence-electron chi connectivity index (χ3n) is 4.65. The number of nitrogens with zero attached hydrogens (tertiary/aromatic N) is 2. The molecule has 1 aromatic carbocycles. The van der Waals surface area contributed by atoms with E-state index in [-0.39, 0.29) is 10.6 Å². The molecule has 3 unspecified atom stereocenters. The van der Waals surface area contributed by atoms with E-state index >= 15 is 0 Å². The smallest absolute Gasteiger partial charge is 0.283 e. The van der Waals surface area contributed by atoms with E-state index in [9.17, 15) is 10.1 Å². The van der Waals surface area contributed by atoms with Crippen molar-refractivity contribution < 1.29 is 4.92 Å². The van der Waals surface area contributed by atoms with Gasteiger partial charge in [0.2, 0.25) is 0 Å². The van der Waals surface area contributed by atoms with Crippen LogP contribution in [0, 0.1) is 22.0 Å². The van der Waals surface area contributed by atoms with E-state index < -0.39 is 0 Å². The maximum atomic E-state index is 11.0. The number of nitrogens with one attached hydrogen (secondary N) is 1. The highest BCUT2D eigenvalue weighted by molar-refractivity contribution is 9.10. The van der Waals surface area contributed by atoms with E-state index in [0.29, 0.717) is 10.5 Å². The topological polar surface area (TPSA) is 58.4 Å². The second-order valence-corrected chi connectivity index (χ2v) is 6.65. The lowest BCUT2D eigenvalue weighted by Crippen LogP contribution is -2.32. The molecule has 3 atom stereocenters. The first-order chi connectivity index (χ1) is 9.56. The van der Waals surface area contributed by atoms with Gasteiger partial charge >= 0.3 is 0 Å². The molecule has 0 saturated carbocycles. The predicted octanol–water partition coefficient (Wildman–Crippen LogP) is 2.40. The second kappa shape index (κ2) is 5.42. The first-order valence-electron chi connectivity index (χ1n) is 6.94. The zero-order valence-electron chi connectivity index (χ0n) is 11.4. The van der Waals surface area contributed by atoms with Crippen molar-refractivity contribution in [1.29, 1.82) is 0 Å². The number of nitro groups is 1. The lowest BCUT2D eigenvalue weighted by Gasteiger charge is -2.24. The highest BCUT2D eigenvalue weighted by Crippen LogP contribution is 2.34. The number of rotatable bonds is 3. The summed E-state index contributed by atoms with van der Waals surface area (Å²) < 4.78 is 0.543. The van der Waals surface area contributed by atoms with E-state index in [1.54, 1.807) is 12.1 Å². The molecule has 2 fully saturated rings. The summed E-state index contributed by atoms with van der Waals surface area (Å²) in [6.07, 6.45) is 0. The van der Waals surface area contributed by atoms with Crippen molar-refractivity contribution in [2.24, 2.45) is 11.8 Å². The quantitative estimate of drug-likeness (QED) is 0.678. The number of benzene rings is 1. The van der Waals surface area contributed by atoms with Gasteiger partial charge in [-0.15, -0.1) is 0 Å². The van der Waals surface area contributed by atoms with Crippen LogP contribution in [0.2, 0.25) is 0 Å². The van der Waals surface area contributed by atoms with Crippen LogP contribution in [0.5, 0.6) is 0 Å². The predicted molar refractivity (Wildman–Crippen MR) is 80.5 cm³/mol. The van der Waals surface area contributed by atoms with E-state index in [1.165, 1.54) is 0 Å². The molecule has 6 heteroatoms. The number of likely N-dealkylation sites (tertiary alicyclic amines) is 1. The van der Waals surface area contributed by atoms with Gasteiger partial charge in [-0.25, -0.2) is 0 Å². The van der Waals surface area contributed by atoms with Gasteiger partial charge in [0.05, 0.1) is 9.40 Å². The fraction of sp³-hybridized carbons (Fsp3) is 0.571. The minimum atomic E-state index is -0.334. The third-order valence-corrected chi connectivity index (χ3v) is 5.32. The molecule has 108 valence electrons. The minimum Gasteiger partial charge on any atom is -0.316 e. The highest BCUT2D eigenvalue weighted by Gasteiger charge is 2.41. The van der Waals surface area contributed by atoms with E-state index in [0.717, 1.165) is 43.6 Å². The molecule has 2 aliphatic rings. The van der Waals surface area contributed by atoms with Crippen molar-refractivity contribution >= 4 is 21.6 Å². The molecule has 3 rings (SSSR count). The molecule has 5 nitrogen and oxygen atoms in total. The molecule has 20 heavy (non-hydrogen) atoms. The summed E-state index contributed by atoms with van der Waals surface area (Å²) in [5, 5.41) is 14.4. The molecule has 0 aliphatic carbocycles. The summed E-state index contributed by atoms with van der Waals surface area (Å²) in [5.41, 5.74) is 1.16. The summed E-state index contributed by atoms with van der Waals surface area (Å²) in [4.78, 5) is 13.1. The molecule has 0 spiro atoms. The van der Waals surface area contributed by atoms with Crippen molar-refractivity contribution in [1.82, 2.24) is 10.2 Å². The standard InChI is InChI=1S/C14H18BrN3O2/c1-9-12-6-16-5-11(12)8-17(9)7-10-2-3-13(15)14(4-10)18(19)20/h2-4,9,11-12,16H,5-8H2,1H3. The molecule has 2 aliphatic heterocycles. The largest absolute Gasteiger partial charge is 0.316 e. The van der Waals surface area contributed by atoms with Crippen molar-refractivity contribution in [2.45, 2.75) is 19.5 Å². The van der Waals surface area contributed by atoms with E-state index in [1.807, 2.05) is 6.07 Å². The van der Waals surface area contributed by atoms with E-state index in [2.05, 4.69) is 33.1 Å². The Hall–Kier alpha value is -0.980. The van der Waals surface area contributed by atoms with Crippen LogP contribution in [0.15, 0.2) is 22.7 Å². The Bertz CT molecular complexity index is 537. The first-order valence-corrected chi connectivity index (χ1v) is 7.73. The Morgan fingerprint density at radius 1 is 1.50 bits per heavy atom. The van der Waals surface area contributed by atoms with Gasteiger partial charge < -0.3 is 5.32 Å². The molecule has 0 amide bonds. The first kappa shape index (κ1) is 14.0. The zero-order chi connectivity index (χ0) is 14.3. The number of hydrogen-bond donors (Lipinski definition) is 1. The van der Waals surface area contributed by atoms with Crippen LogP contribution < -0.4 is 5.32 Å². The Balaban J connectivity index is 1.75. The van der Waals surface area contributed by atoms with Gasteiger partial charge in [0.15, 0.2) is 0 Å². The molecular weight excluding hydrogens is 322 g/mol. The van der Waals surface area contributed by atoms with Gasteiger partial charge in [-0.3, -0.25) is 15.0 Å². The Morgan fingerprint density at radius 3 is 3.00 bits per heavy atom. The molecule has 1 N–H and O–H groups in total. The van der Waals surface area contributed by atoms with Gasteiger partial charge in [0.25, 0.3) is 5.69 Å². The van der Waals surface area contributed by atoms with Gasteiger partial charge in [0, 0.05) is 25.2 Å². The zero-order valence-corrected chi connectivity index (χ0v) is 13.0. The van der Waals surface area contributed by atoms with Crippen molar-refractivity contribution in [3.8, 4) is 0 Å². The molecule has 0 radical (unpaired) electrons. The van der Waals surface area contributed by atoms with Crippen LogP contribution >= 0.6 is 15.9 Å². The number of nitro benzene ring substituents is 1. The van der Waals surface area contributed by atoms with Crippen LogP contribution in [0.25, 0.3) is 0 Å². The summed E-state index contributed by atoms with van der Waals surface area (Å²) in [7, 11) is 0. The van der Waals surface area contributed by atoms with Crippen LogP contribution in [-0.2, 0) is 6.54 Å². The highest BCUT2D eigenvalue weighted by atomic mass is 79.9. The number of fused-ring (bicyclic) bond motifs is 1. The number of hydrogen-bond acceptors (Lipinski definition) is 4. The molecule has 2 saturated heterocycles. The maximum absolute atomic E-state index is 11.0. The molecule has 0 aromatic heterocycles. The van der Waals surface area contributed by atoms with Gasteiger partial charge in [-0.05, 0) is 59.4 Å².